The molecule has 9 nitrogen and oxygen atoms in total. The highest BCUT2D eigenvalue weighted by molar-refractivity contribution is 6.30. The van der Waals surface area contributed by atoms with Gasteiger partial charge in [0.1, 0.15) is 18.4 Å². The standard InChI is InChI=1S/C11H15FN2O.C10H12ClN3O.CH4O.CH2O/c1-3-10(13)9(12)7-8(2)14-6-4-5-11(14)15;11-8-3-4-9(12-7-8)13-10(15)14-5-1-2-6-14;2*1-2/h3,7H,2,4-6,13H2,1H3;3-4,7H,1-2,5-6H2,(H,12,13,15);2H,1H3;1H2/b9-7+,10-3+;;;. The molecule has 0 unspecified atom stereocenters. The number of allylic oxidation sites excluding steroid dienone is 3. The van der Waals surface area contributed by atoms with Gasteiger partial charge in [0.15, 0.2) is 0 Å². The van der Waals surface area contributed by atoms with Crippen LogP contribution in [0, 0.1) is 0 Å². The molecule has 2 aliphatic rings. The van der Waals surface area contributed by atoms with E-state index in [1.165, 1.54) is 23.2 Å². The molecule has 3 amide bonds. The normalized spacial score (nSPS) is 15.3. The summed E-state index contributed by atoms with van der Waals surface area (Å²) >= 11 is 5.69. The van der Waals surface area contributed by atoms with Crippen molar-refractivity contribution < 1.29 is 23.9 Å². The third kappa shape index (κ3) is 10.6. The Morgan fingerprint density at radius 2 is 1.85 bits per heavy atom. The smallest absolute Gasteiger partial charge is 0.323 e. The predicted octanol–water partition coefficient (Wildman–Crippen LogP) is 3.62. The summed E-state index contributed by atoms with van der Waals surface area (Å²) in [7, 11) is 1.00. The number of aliphatic hydroxyl groups is 1. The van der Waals surface area contributed by atoms with E-state index in [0.717, 1.165) is 39.5 Å². The lowest BCUT2D eigenvalue weighted by Crippen LogP contribution is -2.32. The van der Waals surface area contributed by atoms with Crippen LogP contribution in [-0.2, 0) is 9.59 Å². The van der Waals surface area contributed by atoms with Crippen molar-refractivity contribution in [2.75, 3.05) is 32.1 Å². The van der Waals surface area contributed by atoms with Crippen LogP contribution in [-0.4, -0.2) is 65.4 Å². The first kappa shape index (κ1) is 30.8. The van der Waals surface area contributed by atoms with Gasteiger partial charge in [-0.15, -0.1) is 0 Å². The van der Waals surface area contributed by atoms with Crippen LogP contribution in [0.5, 0.6) is 0 Å². The molecule has 0 aromatic carbocycles. The number of likely N-dealkylation sites (tertiary alicyclic amines) is 2. The summed E-state index contributed by atoms with van der Waals surface area (Å²) in [6.45, 7) is 9.57. The lowest BCUT2D eigenvalue weighted by molar-refractivity contribution is -0.125. The van der Waals surface area contributed by atoms with E-state index >= 15 is 0 Å². The second-order valence-electron chi connectivity index (χ2n) is 6.86. The van der Waals surface area contributed by atoms with Crippen LogP contribution in [0.25, 0.3) is 0 Å². The summed E-state index contributed by atoms with van der Waals surface area (Å²) in [5.41, 5.74) is 5.79. The van der Waals surface area contributed by atoms with Crippen molar-refractivity contribution >= 4 is 36.1 Å². The summed E-state index contributed by atoms with van der Waals surface area (Å²) < 4.78 is 13.3. The minimum absolute atomic E-state index is 0.0110. The first-order valence-electron chi connectivity index (χ1n) is 10.5. The Balaban J connectivity index is 0.000000559. The van der Waals surface area contributed by atoms with Crippen molar-refractivity contribution in [3.05, 3.63) is 59.3 Å². The molecule has 0 bridgehead atoms. The molecule has 34 heavy (non-hydrogen) atoms. The van der Waals surface area contributed by atoms with Crippen molar-refractivity contribution in [1.29, 1.82) is 0 Å². The minimum Gasteiger partial charge on any atom is -0.400 e. The Kier molecular flexibility index (Phi) is 15.6. The highest BCUT2D eigenvalue weighted by Gasteiger charge is 2.22. The van der Waals surface area contributed by atoms with Gasteiger partial charge in [-0.25, -0.2) is 14.2 Å². The highest BCUT2D eigenvalue weighted by atomic mass is 35.5. The molecule has 1 aromatic rings. The number of pyridine rings is 1. The fourth-order valence-corrected chi connectivity index (χ4v) is 3.07. The summed E-state index contributed by atoms with van der Waals surface area (Å²) in [6.07, 6.45) is 7.65. The van der Waals surface area contributed by atoms with Gasteiger partial charge in [0.05, 0.1) is 10.7 Å². The van der Waals surface area contributed by atoms with Gasteiger partial charge in [-0.1, -0.05) is 24.3 Å². The number of nitrogens with zero attached hydrogens (tertiary/aromatic N) is 3. The lowest BCUT2D eigenvalue weighted by Gasteiger charge is -2.15. The lowest BCUT2D eigenvalue weighted by atomic mass is 10.3. The van der Waals surface area contributed by atoms with Gasteiger partial charge in [0.2, 0.25) is 5.91 Å². The molecule has 188 valence electrons. The summed E-state index contributed by atoms with van der Waals surface area (Å²) in [4.78, 5) is 38.2. The third-order valence-electron chi connectivity index (χ3n) is 4.66. The molecule has 0 radical (unpaired) electrons. The number of urea groups is 1. The van der Waals surface area contributed by atoms with Crippen molar-refractivity contribution in [3.8, 4) is 0 Å². The maximum atomic E-state index is 13.3. The number of amides is 3. The molecule has 3 heterocycles. The zero-order valence-electron chi connectivity index (χ0n) is 19.6. The van der Waals surface area contributed by atoms with E-state index in [9.17, 15) is 14.0 Å². The Labute approximate surface area is 204 Å². The molecule has 3 rings (SSSR count). The fraction of sp³-hybridized carbons (Fsp3) is 0.391. The number of nitrogens with two attached hydrogens (primary N) is 1. The first-order valence-corrected chi connectivity index (χ1v) is 10.9. The SMILES string of the molecule is C=C(/C=C(F)\C(N)=C/C)N1CCCC1=O.C=O.CO.O=C(Nc1ccc(Cl)cn1)N1CCCC1. The molecule has 0 aliphatic carbocycles. The largest absolute Gasteiger partial charge is 0.400 e. The van der Waals surface area contributed by atoms with Crippen LogP contribution < -0.4 is 11.1 Å². The summed E-state index contributed by atoms with van der Waals surface area (Å²) in [5.74, 6) is -0.0263. The number of rotatable bonds is 4. The third-order valence-corrected chi connectivity index (χ3v) is 4.88. The maximum absolute atomic E-state index is 13.3. The summed E-state index contributed by atoms with van der Waals surface area (Å²) in [5, 5.41) is 10.3. The molecule has 0 saturated carbocycles. The van der Waals surface area contributed by atoms with Gasteiger partial charge < -0.3 is 25.4 Å². The Bertz CT molecular complexity index is 855. The molecule has 0 spiro atoms. The van der Waals surface area contributed by atoms with Crippen molar-refractivity contribution in [1.82, 2.24) is 14.8 Å². The van der Waals surface area contributed by atoms with E-state index < -0.39 is 5.83 Å². The highest BCUT2D eigenvalue weighted by Crippen LogP contribution is 2.18. The Hall–Kier alpha value is -3.24. The minimum atomic E-state index is -0.554. The van der Waals surface area contributed by atoms with Crippen LogP contribution in [0.15, 0.2) is 54.3 Å². The molecule has 0 atom stereocenters. The van der Waals surface area contributed by atoms with E-state index in [0.29, 0.717) is 29.5 Å². The van der Waals surface area contributed by atoms with Crippen molar-refractivity contribution in [2.45, 2.75) is 32.6 Å². The van der Waals surface area contributed by atoms with E-state index in [2.05, 4.69) is 16.9 Å². The van der Waals surface area contributed by atoms with Crippen LogP contribution in [0.1, 0.15) is 32.6 Å². The number of anilines is 1. The number of carbonyl (C=O) groups is 3. The van der Waals surface area contributed by atoms with E-state index in [1.54, 1.807) is 24.0 Å². The van der Waals surface area contributed by atoms with Gasteiger partial charge in [-0.05, 0) is 44.4 Å². The van der Waals surface area contributed by atoms with Gasteiger partial charge in [0.25, 0.3) is 0 Å². The van der Waals surface area contributed by atoms with Gasteiger partial charge in [-0.2, -0.15) is 0 Å². The number of aromatic nitrogens is 1. The molecular weight excluding hydrogens is 465 g/mol. The zero-order valence-corrected chi connectivity index (χ0v) is 20.4. The number of hydrogen-bond acceptors (Lipinski definition) is 6. The Morgan fingerprint density at radius 1 is 1.24 bits per heavy atom. The van der Waals surface area contributed by atoms with Crippen LogP contribution in [0.3, 0.4) is 0 Å². The molecule has 2 saturated heterocycles. The Morgan fingerprint density at radius 3 is 2.32 bits per heavy atom. The van der Waals surface area contributed by atoms with Crippen LogP contribution in [0.4, 0.5) is 15.0 Å². The average Bonchev–Trinajstić information content (AvgIpc) is 3.55. The molecule has 1 aromatic heterocycles. The summed E-state index contributed by atoms with van der Waals surface area (Å²) in [6, 6.07) is 3.31. The number of carbonyl (C=O) groups excluding carboxylic acids is 3. The number of nitrogens with one attached hydrogen (secondary N) is 1. The number of halogens is 2. The van der Waals surface area contributed by atoms with Gasteiger partial charge in [0, 0.05) is 45.1 Å². The number of aliphatic hydroxyl groups excluding tert-OH is 1. The second kappa shape index (κ2) is 17.3. The topological polar surface area (TPSA) is 129 Å². The average molecular weight is 498 g/mol. The van der Waals surface area contributed by atoms with E-state index in [1.807, 2.05) is 6.79 Å². The monoisotopic (exact) mass is 497 g/mol. The fourth-order valence-electron chi connectivity index (χ4n) is 2.96. The molecule has 2 fully saturated rings. The van der Waals surface area contributed by atoms with Gasteiger partial charge >= 0.3 is 6.03 Å². The van der Waals surface area contributed by atoms with Crippen LogP contribution in [0.2, 0.25) is 5.02 Å². The maximum Gasteiger partial charge on any atom is 0.323 e. The second-order valence-corrected chi connectivity index (χ2v) is 7.30. The predicted molar refractivity (Wildman–Crippen MR) is 132 cm³/mol. The first-order chi connectivity index (χ1) is 16.3. The molecule has 4 N–H and O–H groups in total. The molecule has 2 aliphatic heterocycles. The van der Waals surface area contributed by atoms with Crippen molar-refractivity contribution in [3.63, 3.8) is 0 Å². The quantitative estimate of drug-likeness (QED) is 0.545. The number of hydrogen-bond donors (Lipinski definition) is 3. The van der Waals surface area contributed by atoms with Crippen LogP contribution >= 0.6 is 11.6 Å². The van der Waals surface area contributed by atoms with Gasteiger partial charge in [-0.3, -0.25) is 10.1 Å². The van der Waals surface area contributed by atoms with Crippen molar-refractivity contribution in [2.24, 2.45) is 5.73 Å². The van der Waals surface area contributed by atoms with E-state index in [4.69, 9.17) is 27.2 Å². The van der Waals surface area contributed by atoms with E-state index in [-0.39, 0.29) is 17.6 Å². The molecule has 11 heteroatoms. The molecular formula is C23H33ClFN5O4. The zero-order chi connectivity index (χ0) is 26.1.